The predicted molar refractivity (Wildman–Crippen MR) is 55.9 cm³/mol. The summed E-state index contributed by atoms with van der Waals surface area (Å²) >= 11 is 0. The van der Waals surface area contributed by atoms with Crippen molar-refractivity contribution >= 4 is 16.1 Å². The molecule has 2 atom stereocenters. The first-order valence-corrected chi connectivity index (χ1v) is 6.83. The first-order valence-electron chi connectivity index (χ1n) is 5.42. The van der Waals surface area contributed by atoms with E-state index in [0.29, 0.717) is 6.42 Å². The Morgan fingerprint density at radius 2 is 2.11 bits per heavy atom. The highest BCUT2D eigenvalue weighted by Crippen LogP contribution is 2.61. The van der Waals surface area contributed by atoms with E-state index >= 15 is 0 Å². The van der Waals surface area contributed by atoms with Gasteiger partial charge in [-0.25, -0.2) is 0 Å². The molecule has 2 aliphatic rings. The van der Waals surface area contributed by atoms with Crippen molar-refractivity contribution in [2.24, 2.45) is 11.3 Å². The minimum absolute atomic E-state index is 0.0408. The van der Waals surface area contributed by atoms with Crippen LogP contribution >= 0.6 is 0 Å². The third kappa shape index (κ3) is 2.31. The van der Waals surface area contributed by atoms with Crippen LogP contribution in [0.2, 0.25) is 0 Å². The van der Waals surface area contributed by atoms with Gasteiger partial charge in [0.15, 0.2) is 0 Å². The molecular weight excluding hydrogens is 289 g/mol. The molecule has 0 aromatic carbocycles. The van der Waals surface area contributed by atoms with Crippen LogP contribution in [0.3, 0.4) is 0 Å². The number of methoxy groups -OCH3 is 1. The standard InChI is InChI=1S/C10H11F3O5S/c1-17-8(14)9-3-2-7(4-6(9)5-9)18-19(15,16)10(11,12)13/h4,6H,2-3,5H2,1H3. The molecule has 0 N–H and O–H groups in total. The molecule has 0 heterocycles. The molecule has 5 nitrogen and oxygen atoms in total. The molecule has 0 aromatic rings. The molecular formula is C10H11F3O5S. The van der Waals surface area contributed by atoms with Crippen molar-refractivity contribution in [2.45, 2.75) is 24.8 Å². The van der Waals surface area contributed by atoms with Gasteiger partial charge in [0, 0.05) is 6.42 Å². The van der Waals surface area contributed by atoms with Gasteiger partial charge in [0.1, 0.15) is 5.76 Å². The van der Waals surface area contributed by atoms with Gasteiger partial charge in [-0.15, -0.1) is 0 Å². The summed E-state index contributed by atoms with van der Waals surface area (Å²) in [7, 11) is -4.40. The van der Waals surface area contributed by atoms with E-state index in [1.807, 2.05) is 0 Å². The Labute approximate surface area is 107 Å². The fourth-order valence-corrected chi connectivity index (χ4v) is 2.81. The number of esters is 1. The number of hydrogen-bond donors (Lipinski definition) is 0. The fraction of sp³-hybridized carbons (Fsp3) is 0.700. The third-order valence-electron chi connectivity index (χ3n) is 3.43. The predicted octanol–water partition coefficient (Wildman–Crippen LogP) is 1.71. The van der Waals surface area contributed by atoms with Gasteiger partial charge >= 0.3 is 21.6 Å². The number of allylic oxidation sites excluding steroid dienone is 2. The summed E-state index contributed by atoms with van der Waals surface area (Å²) in [5, 5.41) is 0. The SMILES string of the molecule is COC(=O)C12CCC(OS(=O)(=O)C(F)(F)F)=CC1C2. The highest BCUT2D eigenvalue weighted by Gasteiger charge is 2.61. The monoisotopic (exact) mass is 300 g/mol. The molecule has 9 heteroatoms. The third-order valence-corrected chi connectivity index (χ3v) is 4.43. The highest BCUT2D eigenvalue weighted by molar-refractivity contribution is 7.87. The second kappa shape index (κ2) is 4.12. The lowest BCUT2D eigenvalue weighted by molar-refractivity contribution is -0.148. The van der Waals surface area contributed by atoms with Crippen molar-refractivity contribution in [3.05, 3.63) is 11.8 Å². The molecule has 0 amide bonds. The van der Waals surface area contributed by atoms with Crippen molar-refractivity contribution < 1.29 is 35.3 Å². The fourth-order valence-electron chi connectivity index (χ4n) is 2.29. The second-order valence-corrected chi connectivity index (χ2v) is 6.11. The topological polar surface area (TPSA) is 69.7 Å². The second-order valence-electron chi connectivity index (χ2n) is 4.57. The molecule has 1 saturated carbocycles. The number of halogens is 3. The maximum Gasteiger partial charge on any atom is 0.534 e. The van der Waals surface area contributed by atoms with Gasteiger partial charge in [-0.05, 0) is 24.8 Å². The normalized spacial score (nSPS) is 30.1. The first-order chi connectivity index (χ1) is 8.62. The Morgan fingerprint density at radius 1 is 1.47 bits per heavy atom. The first kappa shape index (κ1) is 14.2. The number of carbonyl (C=O) groups excluding carboxylic acids is 1. The Bertz CT molecular complexity index is 536. The van der Waals surface area contributed by atoms with Crippen LogP contribution in [-0.4, -0.2) is 27.0 Å². The van der Waals surface area contributed by atoms with Gasteiger partial charge in [0.2, 0.25) is 0 Å². The summed E-state index contributed by atoms with van der Waals surface area (Å²) in [5.41, 5.74) is -6.15. The molecule has 0 spiro atoms. The largest absolute Gasteiger partial charge is 0.534 e. The maximum atomic E-state index is 12.1. The lowest BCUT2D eigenvalue weighted by Crippen LogP contribution is -2.27. The molecule has 0 bridgehead atoms. The Balaban J connectivity index is 2.10. The molecule has 0 aromatic heterocycles. The van der Waals surface area contributed by atoms with E-state index in [-0.39, 0.29) is 24.5 Å². The zero-order valence-electron chi connectivity index (χ0n) is 9.86. The summed E-state index contributed by atoms with van der Waals surface area (Å²) < 4.78 is 66.8. The van der Waals surface area contributed by atoms with Gasteiger partial charge in [0.25, 0.3) is 0 Å². The van der Waals surface area contributed by atoms with Crippen LogP contribution in [0.5, 0.6) is 0 Å². The van der Waals surface area contributed by atoms with Crippen LogP contribution in [0.4, 0.5) is 13.2 Å². The van der Waals surface area contributed by atoms with Gasteiger partial charge in [-0.2, -0.15) is 21.6 Å². The van der Waals surface area contributed by atoms with E-state index in [0.717, 1.165) is 0 Å². The van der Waals surface area contributed by atoms with Crippen molar-refractivity contribution in [3.8, 4) is 0 Å². The van der Waals surface area contributed by atoms with Gasteiger partial charge in [-0.1, -0.05) is 0 Å². The number of carbonyl (C=O) groups is 1. The summed E-state index contributed by atoms with van der Waals surface area (Å²) in [6, 6.07) is 0. The minimum Gasteiger partial charge on any atom is -0.469 e. The van der Waals surface area contributed by atoms with E-state index in [1.54, 1.807) is 0 Å². The van der Waals surface area contributed by atoms with Crippen molar-refractivity contribution in [1.29, 1.82) is 0 Å². The average molecular weight is 300 g/mol. The van der Waals surface area contributed by atoms with Crippen LogP contribution in [-0.2, 0) is 23.8 Å². The molecule has 108 valence electrons. The van der Waals surface area contributed by atoms with Crippen molar-refractivity contribution in [2.75, 3.05) is 7.11 Å². The van der Waals surface area contributed by atoms with E-state index in [4.69, 9.17) is 0 Å². The maximum absolute atomic E-state index is 12.1. The number of rotatable bonds is 3. The quantitative estimate of drug-likeness (QED) is 0.451. The van der Waals surface area contributed by atoms with Crippen LogP contribution in [0.1, 0.15) is 19.3 Å². The molecule has 0 aliphatic heterocycles. The van der Waals surface area contributed by atoms with Gasteiger partial charge in [-0.3, -0.25) is 4.79 Å². The highest BCUT2D eigenvalue weighted by atomic mass is 32.2. The van der Waals surface area contributed by atoms with E-state index < -0.39 is 27.0 Å². The number of fused-ring (bicyclic) bond motifs is 1. The molecule has 0 saturated heterocycles. The Morgan fingerprint density at radius 3 is 2.58 bits per heavy atom. The lowest BCUT2D eigenvalue weighted by atomic mass is 9.92. The molecule has 1 fully saturated rings. The molecule has 2 rings (SSSR count). The molecule has 2 unspecified atom stereocenters. The van der Waals surface area contributed by atoms with E-state index in [9.17, 15) is 26.4 Å². The molecule has 0 radical (unpaired) electrons. The average Bonchev–Trinajstić information content (AvgIpc) is 3.00. The zero-order chi connectivity index (χ0) is 14.5. The van der Waals surface area contributed by atoms with Crippen LogP contribution in [0.25, 0.3) is 0 Å². The van der Waals surface area contributed by atoms with Gasteiger partial charge in [0.05, 0.1) is 12.5 Å². The van der Waals surface area contributed by atoms with Crippen molar-refractivity contribution in [1.82, 2.24) is 0 Å². The smallest absolute Gasteiger partial charge is 0.469 e. The lowest BCUT2D eigenvalue weighted by Gasteiger charge is -2.20. The van der Waals surface area contributed by atoms with E-state index in [1.165, 1.54) is 13.2 Å². The zero-order valence-corrected chi connectivity index (χ0v) is 10.7. The minimum atomic E-state index is -5.63. The van der Waals surface area contributed by atoms with Crippen LogP contribution in [0, 0.1) is 11.3 Å². The molecule has 2 aliphatic carbocycles. The Kier molecular flexibility index (Phi) is 3.07. The number of alkyl halides is 3. The van der Waals surface area contributed by atoms with E-state index in [2.05, 4.69) is 8.92 Å². The number of hydrogen-bond acceptors (Lipinski definition) is 5. The van der Waals surface area contributed by atoms with Crippen molar-refractivity contribution in [3.63, 3.8) is 0 Å². The summed E-state index contributed by atoms with van der Waals surface area (Å²) in [5.74, 6) is -1.00. The number of ether oxygens (including phenoxy) is 1. The van der Waals surface area contributed by atoms with Crippen LogP contribution in [0.15, 0.2) is 11.8 Å². The molecule has 19 heavy (non-hydrogen) atoms. The Hall–Kier alpha value is -1.25. The summed E-state index contributed by atoms with van der Waals surface area (Å²) in [6.45, 7) is 0. The van der Waals surface area contributed by atoms with Crippen LogP contribution < -0.4 is 0 Å². The summed E-state index contributed by atoms with van der Waals surface area (Å²) in [6.07, 6.45) is 1.90. The van der Waals surface area contributed by atoms with Gasteiger partial charge < -0.3 is 8.92 Å². The summed E-state index contributed by atoms with van der Waals surface area (Å²) in [4.78, 5) is 11.5.